The topological polar surface area (TPSA) is 37.5 Å². The van der Waals surface area contributed by atoms with Gasteiger partial charge < -0.3 is 5.11 Å². The molecule has 0 saturated heterocycles. The lowest BCUT2D eigenvalue weighted by Gasteiger charge is -2.23. The van der Waals surface area contributed by atoms with Gasteiger partial charge in [0.15, 0.2) is 3.95 Å². The fourth-order valence-corrected chi connectivity index (χ4v) is 4.11. The van der Waals surface area contributed by atoms with Crippen molar-refractivity contribution in [3.05, 3.63) is 39.2 Å². The van der Waals surface area contributed by atoms with Gasteiger partial charge in [-0.05, 0) is 37.2 Å². The highest BCUT2D eigenvalue weighted by Gasteiger charge is 2.21. The number of hydrogen-bond donors (Lipinski definition) is 1. The van der Waals surface area contributed by atoms with Gasteiger partial charge in [0.2, 0.25) is 5.88 Å². The lowest BCUT2D eigenvalue weighted by molar-refractivity contribution is 0.312. The minimum atomic E-state index is 0.275. The van der Waals surface area contributed by atoms with Crippen LogP contribution in [0.2, 0.25) is 0 Å². The Bertz CT molecular complexity index is 682. The third kappa shape index (κ3) is 3.24. The Labute approximate surface area is 133 Å². The van der Waals surface area contributed by atoms with Crippen LogP contribution in [0.25, 0.3) is 0 Å². The van der Waals surface area contributed by atoms with Crippen molar-refractivity contribution in [2.24, 2.45) is 4.99 Å². The summed E-state index contributed by atoms with van der Waals surface area (Å²) in [5.41, 5.74) is 0.875. The fourth-order valence-electron chi connectivity index (χ4n) is 2.79. The van der Waals surface area contributed by atoms with Crippen molar-refractivity contribution in [2.75, 3.05) is 0 Å². The van der Waals surface area contributed by atoms with Gasteiger partial charge in [-0.15, -0.1) is 0 Å². The first kappa shape index (κ1) is 14.5. The molecule has 1 heterocycles. The molecule has 1 saturated carbocycles. The highest BCUT2D eigenvalue weighted by Crippen LogP contribution is 2.35. The van der Waals surface area contributed by atoms with Gasteiger partial charge in [-0.1, -0.05) is 48.8 Å². The molecular formula is C16H18N2OS2. The predicted molar refractivity (Wildman–Crippen MR) is 90.6 cm³/mol. The van der Waals surface area contributed by atoms with Crippen LogP contribution in [0.5, 0.6) is 5.88 Å². The molecule has 1 aromatic heterocycles. The van der Waals surface area contributed by atoms with Gasteiger partial charge >= 0.3 is 0 Å². The molecule has 3 nitrogen and oxygen atoms in total. The van der Waals surface area contributed by atoms with E-state index in [0.717, 1.165) is 27.4 Å². The van der Waals surface area contributed by atoms with Crippen molar-refractivity contribution in [3.63, 3.8) is 0 Å². The summed E-state index contributed by atoms with van der Waals surface area (Å²) in [4.78, 5) is 5.15. The third-order valence-electron chi connectivity index (χ3n) is 3.87. The van der Waals surface area contributed by atoms with E-state index in [9.17, 15) is 5.11 Å². The van der Waals surface area contributed by atoms with E-state index >= 15 is 0 Å². The van der Waals surface area contributed by atoms with Gasteiger partial charge in [0.25, 0.3) is 0 Å². The van der Waals surface area contributed by atoms with Crippen LogP contribution in [0.4, 0.5) is 5.69 Å². The summed E-state index contributed by atoms with van der Waals surface area (Å²) < 4.78 is 2.67. The Morgan fingerprint density at radius 2 is 1.90 bits per heavy atom. The van der Waals surface area contributed by atoms with Crippen molar-refractivity contribution < 1.29 is 5.11 Å². The van der Waals surface area contributed by atoms with Crippen LogP contribution < -0.4 is 0 Å². The first-order valence-corrected chi connectivity index (χ1v) is 8.51. The summed E-state index contributed by atoms with van der Waals surface area (Å²) in [5, 5.41) is 10.5. The summed E-state index contributed by atoms with van der Waals surface area (Å²) in [6.07, 6.45) is 7.65. The van der Waals surface area contributed by atoms with Crippen molar-refractivity contribution >= 4 is 35.5 Å². The summed E-state index contributed by atoms with van der Waals surface area (Å²) in [5.74, 6) is 0.275. The van der Waals surface area contributed by atoms with Gasteiger partial charge in [-0.2, -0.15) is 0 Å². The Morgan fingerprint density at radius 3 is 2.62 bits per heavy atom. The van der Waals surface area contributed by atoms with Gasteiger partial charge in [-0.25, -0.2) is 0 Å². The number of hydrogen-bond acceptors (Lipinski definition) is 4. The van der Waals surface area contributed by atoms with Crippen molar-refractivity contribution in [1.82, 2.24) is 4.57 Å². The minimum absolute atomic E-state index is 0.275. The number of para-hydroxylation sites is 1. The van der Waals surface area contributed by atoms with E-state index in [1.807, 2.05) is 34.9 Å². The van der Waals surface area contributed by atoms with Crippen molar-refractivity contribution in [1.29, 1.82) is 0 Å². The molecule has 0 spiro atoms. The average molecular weight is 318 g/mol. The number of thiazole rings is 1. The molecule has 1 aliphatic carbocycles. The van der Waals surface area contributed by atoms with Gasteiger partial charge in [0.1, 0.15) is 4.88 Å². The molecule has 0 radical (unpaired) electrons. The Balaban J connectivity index is 1.87. The standard InChI is InChI=1S/C16H18N2OS2/c19-15-14(11-17-12-7-3-1-4-8-12)21-16(20)18(15)13-9-5-2-6-10-13/h1,3-4,7-8,11,13,19H,2,5-6,9-10H2. The van der Waals surface area contributed by atoms with Gasteiger partial charge in [-0.3, -0.25) is 9.56 Å². The smallest absolute Gasteiger partial charge is 0.212 e. The monoisotopic (exact) mass is 318 g/mol. The van der Waals surface area contributed by atoms with E-state index in [4.69, 9.17) is 12.2 Å². The molecule has 5 heteroatoms. The maximum absolute atomic E-state index is 10.5. The van der Waals surface area contributed by atoms with E-state index < -0.39 is 0 Å². The highest BCUT2D eigenvalue weighted by molar-refractivity contribution is 7.73. The summed E-state index contributed by atoms with van der Waals surface area (Å²) in [6, 6.07) is 10.1. The van der Waals surface area contributed by atoms with Gasteiger partial charge in [0, 0.05) is 6.04 Å². The number of aromatic nitrogens is 1. The van der Waals surface area contributed by atoms with Crippen LogP contribution in [0.3, 0.4) is 0 Å². The zero-order valence-corrected chi connectivity index (χ0v) is 13.4. The van der Waals surface area contributed by atoms with Crippen LogP contribution in [-0.2, 0) is 0 Å². The number of benzene rings is 1. The lowest BCUT2D eigenvalue weighted by Crippen LogP contribution is -2.12. The molecule has 0 aliphatic heterocycles. The first-order valence-electron chi connectivity index (χ1n) is 7.29. The van der Waals surface area contributed by atoms with Gasteiger partial charge in [0.05, 0.1) is 11.9 Å². The minimum Gasteiger partial charge on any atom is -0.493 e. The average Bonchev–Trinajstić information content (AvgIpc) is 2.81. The second kappa shape index (κ2) is 6.54. The summed E-state index contributed by atoms with van der Waals surface area (Å²) in [6.45, 7) is 0. The zero-order chi connectivity index (χ0) is 14.7. The molecule has 3 rings (SSSR count). The lowest BCUT2D eigenvalue weighted by atomic mass is 9.95. The van der Waals surface area contributed by atoms with Crippen LogP contribution in [0.15, 0.2) is 35.3 Å². The third-order valence-corrected chi connectivity index (χ3v) is 5.20. The Hall–Kier alpha value is -1.46. The number of aliphatic imine (C=N–C) groups is 1. The highest BCUT2D eigenvalue weighted by atomic mass is 32.1. The quantitative estimate of drug-likeness (QED) is 0.620. The summed E-state index contributed by atoms with van der Waals surface area (Å²) >= 11 is 6.86. The molecule has 1 fully saturated rings. The molecule has 1 aliphatic rings. The molecule has 1 aromatic carbocycles. The van der Waals surface area contributed by atoms with Crippen LogP contribution >= 0.6 is 23.6 Å². The molecule has 0 unspecified atom stereocenters. The van der Waals surface area contributed by atoms with E-state index in [1.54, 1.807) is 6.21 Å². The molecule has 2 aromatic rings. The Kier molecular flexibility index (Phi) is 4.51. The van der Waals surface area contributed by atoms with E-state index in [0.29, 0.717) is 6.04 Å². The maximum Gasteiger partial charge on any atom is 0.212 e. The van der Waals surface area contributed by atoms with Crippen LogP contribution in [-0.4, -0.2) is 15.9 Å². The SMILES string of the molecule is Oc1c(C=Nc2ccccc2)sc(=S)n1C1CCCCC1. The molecular weight excluding hydrogens is 300 g/mol. The molecule has 110 valence electrons. The van der Waals surface area contributed by atoms with Crippen LogP contribution in [0, 0.1) is 3.95 Å². The second-order valence-corrected chi connectivity index (χ2v) is 6.99. The number of aromatic hydroxyl groups is 1. The molecule has 21 heavy (non-hydrogen) atoms. The summed E-state index contributed by atoms with van der Waals surface area (Å²) in [7, 11) is 0. The maximum atomic E-state index is 10.5. The van der Waals surface area contributed by atoms with Crippen LogP contribution in [0.1, 0.15) is 43.0 Å². The predicted octanol–water partition coefficient (Wildman–Crippen LogP) is 5.24. The normalized spacial score (nSPS) is 16.6. The van der Waals surface area contributed by atoms with E-state index in [-0.39, 0.29) is 5.88 Å². The molecule has 0 bridgehead atoms. The number of nitrogens with zero attached hydrogens (tertiary/aromatic N) is 2. The molecule has 0 atom stereocenters. The Morgan fingerprint density at radius 1 is 1.19 bits per heavy atom. The first-order chi connectivity index (χ1) is 10.3. The fraction of sp³-hybridized carbons (Fsp3) is 0.375. The van der Waals surface area contributed by atoms with Crippen molar-refractivity contribution in [3.8, 4) is 5.88 Å². The molecule has 1 N–H and O–H groups in total. The largest absolute Gasteiger partial charge is 0.493 e. The number of rotatable bonds is 3. The van der Waals surface area contributed by atoms with E-state index in [2.05, 4.69) is 4.99 Å². The van der Waals surface area contributed by atoms with E-state index in [1.165, 1.54) is 30.6 Å². The second-order valence-electron chi connectivity index (χ2n) is 5.31. The zero-order valence-electron chi connectivity index (χ0n) is 11.7. The molecule has 0 amide bonds. The van der Waals surface area contributed by atoms with Crippen molar-refractivity contribution in [2.45, 2.75) is 38.1 Å².